The molecular formula is C22H21F3N6O2S. The molecule has 178 valence electrons. The first-order valence-corrected chi connectivity index (χ1v) is 11.6. The van der Waals surface area contributed by atoms with Gasteiger partial charge in [-0.25, -0.2) is 9.97 Å². The predicted octanol–water partition coefficient (Wildman–Crippen LogP) is 3.57. The maximum absolute atomic E-state index is 12.9. The summed E-state index contributed by atoms with van der Waals surface area (Å²) in [4.78, 5) is 26.7. The number of pyridine rings is 2. The van der Waals surface area contributed by atoms with Crippen LogP contribution in [0.15, 0.2) is 23.1 Å². The zero-order chi connectivity index (χ0) is 24.2. The van der Waals surface area contributed by atoms with Crippen LogP contribution < -0.4 is 20.1 Å². The lowest BCUT2D eigenvalue weighted by Crippen LogP contribution is -2.47. The average molecular weight is 491 g/mol. The molecule has 2 atom stereocenters. The number of halogens is 3. The molecule has 0 unspecified atom stereocenters. The second kappa shape index (κ2) is 8.16. The highest BCUT2D eigenvalue weighted by Crippen LogP contribution is 2.40. The summed E-state index contributed by atoms with van der Waals surface area (Å²) in [6, 6.07) is 5.04. The number of hydrogen-bond donors (Lipinski definition) is 0. The summed E-state index contributed by atoms with van der Waals surface area (Å²) in [6.07, 6.45) is -2.05. The summed E-state index contributed by atoms with van der Waals surface area (Å²) in [6.45, 7) is 3.91. The van der Waals surface area contributed by atoms with E-state index in [1.165, 1.54) is 28.0 Å². The van der Waals surface area contributed by atoms with Gasteiger partial charge in [0.15, 0.2) is 0 Å². The quantitative estimate of drug-likeness (QED) is 0.555. The number of hydrogen-bond acceptors (Lipinski definition) is 8. The van der Waals surface area contributed by atoms with Gasteiger partial charge >= 0.3 is 6.36 Å². The lowest BCUT2D eigenvalue weighted by Gasteiger charge is -2.39. The molecule has 2 fully saturated rings. The van der Waals surface area contributed by atoms with Gasteiger partial charge in [0.2, 0.25) is 0 Å². The van der Waals surface area contributed by atoms with Crippen molar-refractivity contribution >= 4 is 33.2 Å². The molecule has 5 rings (SSSR count). The molecule has 34 heavy (non-hydrogen) atoms. The highest BCUT2D eigenvalue weighted by molar-refractivity contribution is 7.18. The second-order valence-electron chi connectivity index (χ2n) is 8.53. The number of thiazole rings is 1. The number of aromatic nitrogens is 3. The number of anilines is 2. The van der Waals surface area contributed by atoms with Crippen LogP contribution in [-0.2, 0) is 7.05 Å². The van der Waals surface area contributed by atoms with E-state index in [2.05, 4.69) is 30.6 Å². The summed E-state index contributed by atoms with van der Waals surface area (Å²) in [7, 11) is 1.66. The van der Waals surface area contributed by atoms with E-state index < -0.39 is 6.36 Å². The topological polar surface area (TPSA) is 87.3 Å². The smallest absolute Gasteiger partial charge is 0.404 e. The summed E-state index contributed by atoms with van der Waals surface area (Å²) in [5.41, 5.74) is 1.11. The van der Waals surface area contributed by atoms with Gasteiger partial charge in [0.05, 0.1) is 16.9 Å². The first-order chi connectivity index (χ1) is 16.2. The lowest BCUT2D eigenvalue weighted by molar-refractivity contribution is -0.274. The van der Waals surface area contributed by atoms with Crippen molar-refractivity contribution in [2.75, 3.05) is 29.4 Å². The highest BCUT2D eigenvalue weighted by Gasteiger charge is 2.41. The Bertz CT molecular complexity index is 1340. The van der Waals surface area contributed by atoms with Gasteiger partial charge < -0.3 is 19.1 Å². The number of nitriles is 1. The van der Waals surface area contributed by atoms with Gasteiger partial charge in [-0.15, -0.1) is 24.5 Å². The fraction of sp³-hybridized carbons (Fsp3) is 0.455. The first-order valence-electron chi connectivity index (χ1n) is 10.8. The Hall–Kier alpha value is -3.33. The van der Waals surface area contributed by atoms with Crippen LogP contribution in [0.3, 0.4) is 0 Å². The zero-order valence-electron chi connectivity index (χ0n) is 18.5. The van der Waals surface area contributed by atoms with Gasteiger partial charge in [0.1, 0.15) is 33.5 Å². The van der Waals surface area contributed by atoms with Crippen molar-refractivity contribution in [3.63, 3.8) is 0 Å². The standard InChI is InChI=1S/C22H21F3N6O2S/c1-12-28-18-19(15(9-26)20(32)29(2)21(18)34-12)31-8-5-13-11-30(7-6-16(13)31)17-4-3-14(10-27-17)33-22(23,24)25/h3-4,10,13,16H,5-8,11H2,1-2H3/t13-,16+/m0/s1. The van der Waals surface area contributed by atoms with Crippen molar-refractivity contribution < 1.29 is 17.9 Å². The molecule has 2 aliphatic rings. The van der Waals surface area contributed by atoms with E-state index in [-0.39, 0.29) is 28.8 Å². The summed E-state index contributed by atoms with van der Waals surface area (Å²) in [5, 5.41) is 10.6. The third-order valence-corrected chi connectivity index (χ3v) is 7.56. The zero-order valence-corrected chi connectivity index (χ0v) is 19.3. The van der Waals surface area contributed by atoms with Crippen LogP contribution in [0, 0.1) is 24.2 Å². The number of ether oxygens (including phenoxy) is 1. The number of piperidine rings is 1. The van der Waals surface area contributed by atoms with Crippen molar-refractivity contribution in [2.45, 2.75) is 32.2 Å². The summed E-state index contributed by atoms with van der Waals surface area (Å²) in [5.74, 6) is 0.498. The molecule has 0 saturated carbocycles. The molecule has 3 aromatic rings. The van der Waals surface area contributed by atoms with E-state index in [4.69, 9.17) is 0 Å². The van der Waals surface area contributed by atoms with Gasteiger partial charge in [-0.2, -0.15) is 5.26 Å². The van der Waals surface area contributed by atoms with Gasteiger partial charge in [-0.05, 0) is 37.8 Å². The third-order valence-electron chi connectivity index (χ3n) is 6.51. The number of rotatable bonds is 3. The minimum Gasteiger partial charge on any atom is -0.404 e. The molecular weight excluding hydrogens is 469 g/mol. The molecule has 0 N–H and O–H groups in total. The maximum Gasteiger partial charge on any atom is 0.573 e. The molecule has 5 heterocycles. The van der Waals surface area contributed by atoms with E-state index in [0.717, 1.165) is 28.9 Å². The lowest BCUT2D eigenvalue weighted by atomic mass is 9.92. The molecule has 0 aliphatic carbocycles. The second-order valence-corrected chi connectivity index (χ2v) is 9.71. The minimum absolute atomic E-state index is 0.116. The van der Waals surface area contributed by atoms with Gasteiger partial charge in [0.25, 0.3) is 5.56 Å². The van der Waals surface area contributed by atoms with Crippen LogP contribution in [0.1, 0.15) is 23.4 Å². The van der Waals surface area contributed by atoms with Gasteiger partial charge in [-0.3, -0.25) is 4.79 Å². The Kier molecular flexibility index (Phi) is 5.39. The highest BCUT2D eigenvalue weighted by atomic mass is 32.1. The Morgan fingerprint density at radius 1 is 1.26 bits per heavy atom. The molecule has 0 bridgehead atoms. The van der Waals surface area contributed by atoms with Crippen LogP contribution in [-0.4, -0.2) is 46.6 Å². The Labute approximate surface area is 196 Å². The van der Waals surface area contributed by atoms with Crippen molar-refractivity contribution in [1.29, 1.82) is 5.26 Å². The Morgan fingerprint density at radius 2 is 2.06 bits per heavy atom. The number of nitrogens with zero attached hydrogens (tertiary/aromatic N) is 6. The van der Waals surface area contributed by atoms with Crippen LogP contribution in [0.5, 0.6) is 5.75 Å². The monoisotopic (exact) mass is 490 g/mol. The third kappa shape index (κ3) is 3.83. The van der Waals surface area contributed by atoms with Crippen molar-refractivity contribution in [1.82, 2.24) is 14.5 Å². The fourth-order valence-electron chi connectivity index (χ4n) is 5.08. The van der Waals surface area contributed by atoms with E-state index >= 15 is 0 Å². The SMILES string of the molecule is Cc1nc2c(N3CC[C@H]4CN(c5ccc(OC(F)(F)F)cn5)CC[C@H]43)c(C#N)c(=O)n(C)c2s1. The normalized spacial score (nSPS) is 20.5. The molecule has 0 aromatic carbocycles. The molecule has 0 amide bonds. The Morgan fingerprint density at radius 3 is 2.74 bits per heavy atom. The predicted molar refractivity (Wildman–Crippen MR) is 121 cm³/mol. The van der Waals surface area contributed by atoms with E-state index in [0.29, 0.717) is 36.7 Å². The summed E-state index contributed by atoms with van der Waals surface area (Å²) >= 11 is 1.44. The van der Waals surface area contributed by atoms with Crippen LogP contribution in [0.4, 0.5) is 24.7 Å². The van der Waals surface area contributed by atoms with Crippen LogP contribution in [0.25, 0.3) is 10.3 Å². The molecule has 2 saturated heterocycles. The van der Waals surface area contributed by atoms with Crippen molar-refractivity contribution in [3.8, 4) is 11.8 Å². The number of fused-ring (bicyclic) bond motifs is 2. The van der Waals surface area contributed by atoms with Crippen molar-refractivity contribution in [2.24, 2.45) is 13.0 Å². The largest absolute Gasteiger partial charge is 0.573 e. The van der Waals surface area contributed by atoms with Gasteiger partial charge in [0, 0.05) is 32.7 Å². The van der Waals surface area contributed by atoms with E-state index in [9.17, 15) is 23.2 Å². The van der Waals surface area contributed by atoms with Crippen molar-refractivity contribution in [3.05, 3.63) is 39.3 Å². The first kappa shape index (κ1) is 22.5. The maximum atomic E-state index is 12.9. The fourth-order valence-corrected chi connectivity index (χ4v) is 5.96. The number of aryl methyl sites for hydroxylation is 2. The van der Waals surface area contributed by atoms with E-state index in [1.807, 2.05) is 6.92 Å². The van der Waals surface area contributed by atoms with Crippen LogP contribution in [0.2, 0.25) is 0 Å². The molecule has 0 radical (unpaired) electrons. The summed E-state index contributed by atoms with van der Waals surface area (Å²) < 4.78 is 42.6. The number of alkyl halides is 3. The average Bonchev–Trinajstić information content (AvgIpc) is 3.38. The van der Waals surface area contributed by atoms with Gasteiger partial charge in [-0.1, -0.05) is 0 Å². The molecule has 12 heteroatoms. The Balaban J connectivity index is 1.41. The van der Waals surface area contributed by atoms with E-state index in [1.54, 1.807) is 7.05 Å². The molecule has 2 aliphatic heterocycles. The molecule has 0 spiro atoms. The van der Waals surface area contributed by atoms with Crippen LogP contribution >= 0.6 is 11.3 Å². The molecule has 8 nitrogen and oxygen atoms in total. The minimum atomic E-state index is -4.75. The molecule has 3 aromatic heterocycles.